The van der Waals surface area contributed by atoms with Crippen LogP contribution in [0.15, 0.2) is 91.7 Å². The number of rotatable bonds is 8. The molecule has 1 N–H and O–H groups in total. The van der Waals surface area contributed by atoms with E-state index in [9.17, 15) is 9.59 Å². The summed E-state index contributed by atoms with van der Waals surface area (Å²) in [6.45, 7) is 2.16. The Morgan fingerprint density at radius 1 is 1.03 bits per heavy atom. The number of nitrogens with zero attached hydrogens (tertiary/aromatic N) is 4. The highest BCUT2D eigenvalue weighted by atomic mass is 16.5. The average Bonchev–Trinajstić information content (AvgIpc) is 3.50. The maximum Gasteiger partial charge on any atom is 0.255 e. The van der Waals surface area contributed by atoms with Crippen molar-refractivity contribution in [1.29, 1.82) is 0 Å². The molecule has 5 rings (SSSR count). The molecule has 0 unspecified atom stereocenters. The van der Waals surface area contributed by atoms with E-state index in [2.05, 4.69) is 27.4 Å². The Balaban J connectivity index is 1.09. The lowest BCUT2D eigenvalue weighted by molar-refractivity contribution is -0.111. The molecule has 1 aliphatic rings. The molecule has 2 aromatic heterocycles. The second-order valence-electron chi connectivity index (χ2n) is 9.58. The van der Waals surface area contributed by atoms with Gasteiger partial charge in [0.25, 0.3) is 5.91 Å². The van der Waals surface area contributed by atoms with Crippen molar-refractivity contribution in [2.24, 2.45) is 0 Å². The Hall–Kier alpha value is -4.72. The first-order chi connectivity index (χ1) is 19.1. The van der Waals surface area contributed by atoms with Crippen molar-refractivity contribution < 1.29 is 14.3 Å². The lowest BCUT2D eigenvalue weighted by Gasteiger charge is -2.32. The zero-order valence-electron chi connectivity index (χ0n) is 21.9. The average molecular weight is 522 g/mol. The third-order valence-corrected chi connectivity index (χ3v) is 6.96. The Bertz CT molecular complexity index is 1400. The Morgan fingerprint density at radius 3 is 2.44 bits per heavy atom. The van der Waals surface area contributed by atoms with E-state index in [1.165, 1.54) is 11.1 Å². The molecule has 39 heavy (non-hydrogen) atoms. The van der Waals surface area contributed by atoms with Crippen molar-refractivity contribution in [3.8, 4) is 5.88 Å². The van der Waals surface area contributed by atoms with E-state index in [1.54, 1.807) is 44.0 Å². The zero-order chi connectivity index (χ0) is 27.0. The fourth-order valence-electron chi connectivity index (χ4n) is 4.75. The predicted molar refractivity (Wildman–Crippen MR) is 151 cm³/mol. The van der Waals surface area contributed by atoms with Gasteiger partial charge in [0.05, 0.1) is 19.0 Å². The van der Waals surface area contributed by atoms with Crippen LogP contribution in [0.5, 0.6) is 5.88 Å². The van der Waals surface area contributed by atoms with E-state index in [0.29, 0.717) is 30.5 Å². The number of piperidine rings is 1. The van der Waals surface area contributed by atoms with Gasteiger partial charge in [-0.25, -0.2) is 9.97 Å². The predicted octanol–water partition coefficient (Wildman–Crippen LogP) is 5.01. The molecule has 3 heterocycles. The Labute approximate surface area is 228 Å². The molecule has 0 radical (unpaired) electrons. The van der Waals surface area contributed by atoms with E-state index < -0.39 is 0 Å². The normalized spacial score (nSPS) is 13.9. The number of amides is 2. The van der Waals surface area contributed by atoms with Crippen LogP contribution in [0.2, 0.25) is 0 Å². The number of nitrogens with one attached hydrogen (secondary N) is 1. The molecule has 0 bridgehead atoms. The minimum Gasteiger partial charge on any atom is -0.481 e. The molecule has 0 saturated carbocycles. The van der Waals surface area contributed by atoms with Gasteiger partial charge < -0.3 is 19.5 Å². The number of methoxy groups -OCH3 is 1. The first kappa shape index (κ1) is 25.9. The first-order valence-electron chi connectivity index (χ1n) is 13.0. The van der Waals surface area contributed by atoms with Crippen LogP contribution in [0, 0.1) is 0 Å². The molecule has 1 fully saturated rings. The van der Waals surface area contributed by atoms with Gasteiger partial charge in [-0.05, 0) is 59.7 Å². The number of carbonyl (C=O) groups is 2. The second-order valence-corrected chi connectivity index (χ2v) is 9.58. The maximum atomic E-state index is 12.8. The molecular weight excluding hydrogens is 490 g/mol. The Morgan fingerprint density at radius 2 is 1.79 bits per heavy atom. The van der Waals surface area contributed by atoms with E-state index in [-0.39, 0.29) is 11.8 Å². The van der Waals surface area contributed by atoms with Gasteiger partial charge in [-0.15, -0.1) is 0 Å². The number of pyridine rings is 1. The summed E-state index contributed by atoms with van der Waals surface area (Å²) in [6, 6.07) is 19.6. The number of imidazole rings is 1. The summed E-state index contributed by atoms with van der Waals surface area (Å²) in [5.74, 6) is 0.697. The summed E-state index contributed by atoms with van der Waals surface area (Å²) in [4.78, 5) is 35.3. The molecule has 1 saturated heterocycles. The summed E-state index contributed by atoms with van der Waals surface area (Å²) in [5, 5.41) is 2.93. The molecule has 4 aromatic rings. The van der Waals surface area contributed by atoms with Gasteiger partial charge in [0, 0.05) is 56.1 Å². The minimum atomic E-state index is -0.176. The number of anilines is 1. The third kappa shape index (κ3) is 6.78. The molecule has 198 valence electrons. The molecule has 1 aliphatic heterocycles. The van der Waals surface area contributed by atoms with Crippen LogP contribution in [0.1, 0.15) is 45.8 Å². The lowest BCUT2D eigenvalue weighted by Crippen LogP contribution is -2.37. The molecule has 8 nitrogen and oxygen atoms in total. The molecule has 8 heteroatoms. The summed E-state index contributed by atoms with van der Waals surface area (Å²) < 4.78 is 7.08. The highest BCUT2D eigenvalue weighted by Crippen LogP contribution is 2.29. The van der Waals surface area contributed by atoms with Crippen LogP contribution < -0.4 is 10.1 Å². The van der Waals surface area contributed by atoms with Crippen molar-refractivity contribution in [1.82, 2.24) is 19.4 Å². The largest absolute Gasteiger partial charge is 0.481 e. The number of hydrogen-bond donors (Lipinski definition) is 1. The van der Waals surface area contributed by atoms with Gasteiger partial charge in [-0.3, -0.25) is 9.59 Å². The number of aromatic nitrogens is 3. The van der Waals surface area contributed by atoms with Crippen molar-refractivity contribution in [2.45, 2.75) is 25.3 Å². The van der Waals surface area contributed by atoms with Gasteiger partial charge in [0.15, 0.2) is 0 Å². The number of benzene rings is 2. The maximum absolute atomic E-state index is 12.8. The zero-order valence-corrected chi connectivity index (χ0v) is 21.9. The van der Waals surface area contributed by atoms with Crippen LogP contribution >= 0.6 is 0 Å². The number of ether oxygens (including phenoxy) is 1. The van der Waals surface area contributed by atoms with Crippen molar-refractivity contribution >= 4 is 23.6 Å². The highest BCUT2D eigenvalue weighted by Gasteiger charge is 2.24. The molecule has 0 atom stereocenters. The summed E-state index contributed by atoms with van der Waals surface area (Å²) >= 11 is 0. The molecule has 2 aromatic carbocycles. The molecule has 2 amide bonds. The van der Waals surface area contributed by atoms with E-state index >= 15 is 0 Å². The van der Waals surface area contributed by atoms with Crippen LogP contribution in [-0.4, -0.2) is 51.4 Å². The van der Waals surface area contributed by atoms with E-state index in [0.717, 1.165) is 30.6 Å². The van der Waals surface area contributed by atoms with Crippen LogP contribution in [0.4, 0.5) is 5.69 Å². The van der Waals surface area contributed by atoms with E-state index in [4.69, 9.17) is 4.74 Å². The van der Waals surface area contributed by atoms with Crippen molar-refractivity contribution in [3.63, 3.8) is 0 Å². The van der Waals surface area contributed by atoms with Gasteiger partial charge in [-0.1, -0.05) is 36.4 Å². The summed E-state index contributed by atoms with van der Waals surface area (Å²) in [6.07, 6.45) is 12.2. The van der Waals surface area contributed by atoms with Crippen LogP contribution in [0.25, 0.3) is 6.08 Å². The Kier molecular flexibility index (Phi) is 8.12. The van der Waals surface area contributed by atoms with Crippen LogP contribution in [0.3, 0.4) is 0 Å². The first-order valence-corrected chi connectivity index (χ1v) is 13.0. The second kappa shape index (κ2) is 12.2. The van der Waals surface area contributed by atoms with Gasteiger partial charge in [0.1, 0.15) is 0 Å². The molecule has 0 spiro atoms. The van der Waals surface area contributed by atoms with Crippen molar-refractivity contribution in [2.75, 3.05) is 25.5 Å². The minimum absolute atomic E-state index is 0.000133. The SMILES string of the molecule is COc1ccc(C(=O)N2CCC(c3ccc(NC(=O)/C=C/c4ccc(Cn5ccnc5)cc4)cc3)CC2)cn1. The standard InChI is InChI=1S/C31H31N5O3/c1-39-30-13-9-27(20-33-30)31(38)36-17-14-26(15-18-36)25-7-10-28(11-8-25)34-29(37)12-6-23-2-4-24(5-3-23)21-35-19-16-32-22-35/h2-13,16,19-20,22,26H,14-15,17-18,21H2,1H3,(H,34,37)/b12-6+. The highest BCUT2D eigenvalue weighted by molar-refractivity contribution is 6.01. The summed E-state index contributed by atoms with van der Waals surface area (Å²) in [7, 11) is 1.55. The van der Waals surface area contributed by atoms with Gasteiger partial charge in [-0.2, -0.15) is 0 Å². The summed E-state index contributed by atoms with van der Waals surface area (Å²) in [5.41, 5.74) is 4.68. The number of carbonyl (C=O) groups excluding carboxylic acids is 2. The van der Waals surface area contributed by atoms with Crippen LogP contribution in [-0.2, 0) is 11.3 Å². The quantitative estimate of drug-likeness (QED) is 0.330. The lowest BCUT2D eigenvalue weighted by atomic mass is 9.89. The smallest absolute Gasteiger partial charge is 0.255 e. The van der Waals surface area contributed by atoms with Gasteiger partial charge in [0.2, 0.25) is 11.8 Å². The fraction of sp³-hybridized carbons (Fsp3) is 0.226. The molecule has 0 aliphatic carbocycles. The monoisotopic (exact) mass is 521 g/mol. The molecular formula is C31H31N5O3. The van der Waals surface area contributed by atoms with Crippen molar-refractivity contribution in [3.05, 3.63) is 114 Å². The van der Waals surface area contributed by atoms with E-state index in [1.807, 2.05) is 58.1 Å². The fourth-order valence-corrected chi connectivity index (χ4v) is 4.75. The number of likely N-dealkylation sites (tertiary alicyclic amines) is 1. The van der Waals surface area contributed by atoms with Gasteiger partial charge >= 0.3 is 0 Å². The number of hydrogen-bond acceptors (Lipinski definition) is 5. The topological polar surface area (TPSA) is 89.4 Å². The third-order valence-electron chi connectivity index (χ3n) is 6.96.